The summed E-state index contributed by atoms with van der Waals surface area (Å²) >= 11 is 0. The number of anilines is 2. The lowest BCUT2D eigenvalue weighted by Crippen LogP contribution is -2.37. The molecule has 0 radical (unpaired) electrons. The number of hydrogen-bond donors (Lipinski definition) is 2. The summed E-state index contributed by atoms with van der Waals surface area (Å²) in [6.07, 6.45) is 0. The van der Waals surface area contributed by atoms with Crippen molar-refractivity contribution in [2.75, 3.05) is 49.7 Å². The molecule has 2 aromatic carbocycles. The average molecular weight is 369 g/mol. The molecule has 0 unspecified atom stereocenters. The van der Waals surface area contributed by atoms with E-state index in [-0.39, 0.29) is 6.03 Å². The smallest absolute Gasteiger partial charge is 0.319 e. The van der Waals surface area contributed by atoms with Crippen molar-refractivity contribution in [1.82, 2.24) is 5.32 Å². The molecule has 1 saturated heterocycles. The number of rotatable bonds is 6. The molecule has 1 aliphatic rings. The Morgan fingerprint density at radius 1 is 1.11 bits per heavy atom. The summed E-state index contributed by atoms with van der Waals surface area (Å²) in [5, 5.41) is 5.77. The Morgan fingerprint density at radius 3 is 2.67 bits per heavy atom. The number of aryl methyl sites for hydroxylation is 2. The first kappa shape index (κ1) is 19.0. The van der Waals surface area contributed by atoms with Crippen molar-refractivity contribution in [3.63, 3.8) is 0 Å². The van der Waals surface area contributed by atoms with Gasteiger partial charge in [-0.2, -0.15) is 0 Å². The van der Waals surface area contributed by atoms with Gasteiger partial charge in [-0.05, 0) is 49.2 Å². The van der Waals surface area contributed by atoms with Crippen LogP contribution in [0.5, 0.6) is 5.75 Å². The normalized spacial score (nSPS) is 13.9. The minimum atomic E-state index is -0.237. The summed E-state index contributed by atoms with van der Waals surface area (Å²) in [6.45, 7) is 8.03. The lowest BCUT2D eigenvalue weighted by molar-refractivity contribution is 0.123. The Kier molecular flexibility index (Phi) is 6.54. The molecule has 2 amide bonds. The first-order valence-corrected chi connectivity index (χ1v) is 9.30. The zero-order valence-electron chi connectivity index (χ0n) is 16.0. The van der Waals surface area contributed by atoms with Gasteiger partial charge in [0.25, 0.3) is 0 Å². The molecular formula is C21H27N3O3. The second kappa shape index (κ2) is 9.28. The standard InChI is InChI=1S/C21H27N3O3/c1-16-7-8-18(15-17(16)2)27-12-9-22-21(25)23-19-5-3-4-6-20(19)24-10-13-26-14-11-24/h3-8,15H,9-14H2,1-2H3,(H2,22,23,25). The summed E-state index contributed by atoms with van der Waals surface area (Å²) in [7, 11) is 0. The van der Waals surface area contributed by atoms with E-state index in [1.807, 2.05) is 42.5 Å². The quantitative estimate of drug-likeness (QED) is 0.767. The predicted octanol–water partition coefficient (Wildman–Crippen LogP) is 3.34. The van der Waals surface area contributed by atoms with E-state index in [4.69, 9.17) is 9.47 Å². The molecule has 2 N–H and O–H groups in total. The van der Waals surface area contributed by atoms with Crippen LogP contribution in [-0.2, 0) is 4.74 Å². The van der Waals surface area contributed by atoms with Gasteiger partial charge in [-0.25, -0.2) is 4.79 Å². The van der Waals surface area contributed by atoms with Crippen LogP contribution >= 0.6 is 0 Å². The van der Waals surface area contributed by atoms with Gasteiger partial charge in [0.2, 0.25) is 0 Å². The van der Waals surface area contributed by atoms with Crippen molar-refractivity contribution in [2.45, 2.75) is 13.8 Å². The Morgan fingerprint density at radius 2 is 1.89 bits per heavy atom. The number of carbonyl (C=O) groups is 1. The maximum Gasteiger partial charge on any atom is 0.319 e. The molecule has 1 heterocycles. The largest absolute Gasteiger partial charge is 0.492 e. The van der Waals surface area contributed by atoms with Crippen LogP contribution in [-0.4, -0.2) is 45.5 Å². The Hall–Kier alpha value is -2.73. The molecule has 0 bridgehead atoms. The van der Waals surface area contributed by atoms with Gasteiger partial charge in [0.1, 0.15) is 12.4 Å². The molecule has 0 atom stereocenters. The molecule has 27 heavy (non-hydrogen) atoms. The van der Waals surface area contributed by atoms with Crippen molar-refractivity contribution in [1.29, 1.82) is 0 Å². The summed E-state index contributed by atoms with van der Waals surface area (Å²) in [6, 6.07) is 13.6. The monoisotopic (exact) mass is 369 g/mol. The van der Waals surface area contributed by atoms with E-state index in [1.54, 1.807) is 0 Å². The third-order valence-corrected chi connectivity index (χ3v) is 4.64. The Labute approximate surface area is 160 Å². The number of hydrogen-bond acceptors (Lipinski definition) is 4. The van der Waals surface area contributed by atoms with Crippen molar-refractivity contribution in [3.8, 4) is 5.75 Å². The predicted molar refractivity (Wildman–Crippen MR) is 108 cm³/mol. The number of morpholine rings is 1. The zero-order valence-corrected chi connectivity index (χ0v) is 16.0. The van der Waals surface area contributed by atoms with Gasteiger partial charge >= 0.3 is 6.03 Å². The highest BCUT2D eigenvalue weighted by atomic mass is 16.5. The minimum absolute atomic E-state index is 0.237. The fraction of sp³-hybridized carbons (Fsp3) is 0.381. The number of nitrogens with zero attached hydrogens (tertiary/aromatic N) is 1. The lowest BCUT2D eigenvalue weighted by Gasteiger charge is -2.30. The molecule has 6 heteroatoms. The number of nitrogens with one attached hydrogen (secondary N) is 2. The second-order valence-corrected chi connectivity index (χ2v) is 6.59. The fourth-order valence-corrected chi connectivity index (χ4v) is 2.96. The number of para-hydroxylation sites is 2. The molecular weight excluding hydrogens is 342 g/mol. The van der Waals surface area contributed by atoms with Crippen molar-refractivity contribution < 1.29 is 14.3 Å². The number of benzene rings is 2. The third-order valence-electron chi connectivity index (χ3n) is 4.64. The van der Waals surface area contributed by atoms with Crippen LogP contribution in [0.4, 0.5) is 16.2 Å². The number of carbonyl (C=O) groups excluding carboxylic acids is 1. The van der Waals surface area contributed by atoms with Gasteiger partial charge in [-0.1, -0.05) is 18.2 Å². The fourth-order valence-electron chi connectivity index (χ4n) is 2.96. The van der Waals surface area contributed by atoms with E-state index in [2.05, 4.69) is 29.4 Å². The SMILES string of the molecule is Cc1ccc(OCCNC(=O)Nc2ccccc2N2CCOCC2)cc1C. The first-order chi connectivity index (χ1) is 13.1. The highest BCUT2D eigenvalue weighted by molar-refractivity contribution is 5.93. The van der Waals surface area contributed by atoms with Crippen LogP contribution in [0.2, 0.25) is 0 Å². The summed E-state index contributed by atoms with van der Waals surface area (Å²) < 4.78 is 11.1. The maximum atomic E-state index is 12.2. The lowest BCUT2D eigenvalue weighted by atomic mass is 10.1. The van der Waals surface area contributed by atoms with Crippen LogP contribution in [0.25, 0.3) is 0 Å². The number of ether oxygens (including phenoxy) is 2. The van der Waals surface area contributed by atoms with E-state index < -0.39 is 0 Å². The molecule has 3 rings (SSSR count). The summed E-state index contributed by atoms with van der Waals surface area (Å²) in [5.74, 6) is 0.818. The van der Waals surface area contributed by atoms with Crippen LogP contribution in [0.3, 0.4) is 0 Å². The van der Waals surface area contributed by atoms with Crippen molar-refractivity contribution in [2.24, 2.45) is 0 Å². The van der Waals surface area contributed by atoms with E-state index >= 15 is 0 Å². The molecule has 2 aromatic rings. The Balaban J connectivity index is 1.47. The number of urea groups is 1. The molecule has 0 aliphatic carbocycles. The summed E-state index contributed by atoms with van der Waals surface area (Å²) in [5.41, 5.74) is 4.24. The van der Waals surface area contributed by atoms with E-state index in [9.17, 15) is 4.79 Å². The van der Waals surface area contributed by atoms with Crippen molar-refractivity contribution >= 4 is 17.4 Å². The van der Waals surface area contributed by atoms with Crippen molar-refractivity contribution in [3.05, 3.63) is 53.6 Å². The van der Waals surface area contributed by atoms with Gasteiger partial charge in [0, 0.05) is 13.1 Å². The average Bonchev–Trinajstić information content (AvgIpc) is 2.69. The topological polar surface area (TPSA) is 62.8 Å². The highest BCUT2D eigenvalue weighted by Crippen LogP contribution is 2.26. The molecule has 0 aromatic heterocycles. The molecule has 1 aliphatic heterocycles. The molecule has 1 fully saturated rings. The van der Waals surface area contributed by atoms with E-state index in [0.29, 0.717) is 26.4 Å². The maximum absolute atomic E-state index is 12.2. The van der Waals surface area contributed by atoms with Gasteiger partial charge < -0.3 is 25.0 Å². The molecule has 0 spiro atoms. The van der Waals surface area contributed by atoms with Gasteiger partial charge in [0.05, 0.1) is 31.1 Å². The molecule has 144 valence electrons. The zero-order chi connectivity index (χ0) is 19.1. The van der Waals surface area contributed by atoms with Crippen LogP contribution in [0.1, 0.15) is 11.1 Å². The van der Waals surface area contributed by atoms with Gasteiger partial charge in [-0.15, -0.1) is 0 Å². The summed E-state index contributed by atoms with van der Waals surface area (Å²) in [4.78, 5) is 14.5. The minimum Gasteiger partial charge on any atom is -0.492 e. The first-order valence-electron chi connectivity index (χ1n) is 9.30. The van der Waals surface area contributed by atoms with Gasteiger partial charge in [0.15, 0.2) is 0 Å². The van der Waals surface area contributed by atoms with E-state index in [1.165, 1.54) is 11.1 Å². The van der Waals surface area contributed by atoms with Crippen LogP contribution in [0.15, 0.2) is 42.5 Å². The second-order valence-electron chi connectivity index (χ2n) is 6.59. The van der Waals surface area contributed by atoms with Crippen LogP contribution < -0.4 is 20.3 Å². The highest BCUT2D eigenvalue weighted by Gasteiger charge is 2.15. The third kappa shape index (κ3) is 5.37. The molecule has 6 nitrogen and oxygen atoms in total. The Bertz CT molecular complexity index is 773. The number of amides is 2. The van der Waals surface area contributed by atoms with Crippen LogP contribution in [0, 0.1) is 13.8 Å². The van der Waals surface area contributed by atoms with Gasteiger partial charge in [-0.3, -0.25) is 0 Å². The molecule has 0 saturated carbocycles. The van der Waals surface area contributed by atoms with E-state index in [0.717, 1.165) is 30.2 Å².